The molecule has 0 atom stereocenters. The molecule has 0 aliphatic rings. The molecule has 2 N–H and O–H groups in total. The van der Waals surface area contributed by atoms with Crippen LogP contribution in [-0.4, -0.2) is 25.0 Å². The number of benzene rings is 2. The third-order valence-electron chi connectivity index (χ3n) is 3.65. The molecule has 2 aromatic rings. The number of nitrogens with one attached hydrogen (secondary N) is 2. The fourth-order valence-electron chi connectivity index (χ4n) is 2.19. The van der Waals surface area contributed by atoms with Gasteiger partial charge in [0.25, 0.3) is 11.8 Å². The van der Waals surface area contributed by atoms with E-state index in [1.165, 1.54) is 0 Å². The topological polar surface area (TPSA) is 76.7 Å². The predicted octanol–water partition coefficient (Wildman–Crippen LogP) is 4.35. The number of hydrogen-bond donors (Lipinski definition) is 2. The molecule has 6 nitrogen and oxygen atoms in total. The minimum atomic E-state index is -0.423. The zero-order valence-corrected chi connectivity index (χ0v) is 17.8. The van der Waals surface area contributed by atoms with Crippen molar-refractivity contribution in [3.63, 3.8) is 0 Å². The maximum Gasteiger partial charge on any atom is 0.269 e. The molecule has 0 saturated heterocycles. The smallest absolute Gasteiger partial charge is 0.269 e. The third-order valence-corrected chi connectivity index (χ3v) is 4.26. The van der Waals surface area contributed by atoms with E-state index in [2.05, 4.69) is 40.6 Å². The molecule has 0 heterocycles. The second-order valence-corrected chi connectivity index (χ2v) is 7.49. The molecule has 0 unspecified atom stereocenters. The standard InChI is InChI=1S/C21H25BrN2O4/c1-4-11-27-19-10-7-16(12-18(19)22)21(26)24-23-20(25)15-5-8-17(9-6-15)28-13-14(2)3/h5-10,12,14H,4,11,13H2,1-3H3,(H,23,25)(H,24,26). The van der Waals surface area contributed by atoms with Gasteiger partial charge in [0, 0.05) is 11.1 Å². The summed E-state index contributed by atoms with van der Waals surface area (Å²) in [7, 11) is 0. The zero-order chi connectivity index (χ0) is 20.5. The largest absolute Gasteiger partial charge is 0.493 e. The van der Waals surface area contributed by atoms with Crippen LogP contribution in [0.15, 0.2) is 46.9 Å². The van der Waals surface area contributed by atoms with Gasteiger partial charge in [0.15, 0.2) is 0 Å². The average Bonchev–Trinajstić information content (AvgIpc) is 2.69. The van der Waals surface area contributed by atoms with E-state index < -0.39 is 11.8 Å². The van der Waals surface area contributed by atoms with Crippen LogP contribution in [0.5, 0.6) is 11.5 Å². The van der Waals surface area contributed by atoms with Crippen LogP contribution in [0.3, 0.4) is 0 Å². The molecule has 2 amide bonds. The molecule has 0 aliphatic heterocycles. The van der Waals surface area contributed by atoms with Gasteiger partial charge in [0.1, 0.15) is 11.5 Å². The maximum absolute atomic E-state index is 12.3. The van der Waals surface area contributed by atoms with Crippen molar-refractivity contribution in [2.24, 2.45) is 5.92 Å². The van der Waals surface area contributed by atoms with Gasteiger partial charge in [-0.05, 0) is 70.7 Å². The van der Waals surface area contributed by atoms with E-state index in [4.69, 9.17) is 9.47 Å². The van der Waals surface area contributed by atoms with Gasteiger partial charge in [0.2, 0.25) is 0 Å². The highest BCUT2D eigenvalue weighted by Gasteiger charge is 2.11. The Balaban J connectivity index is 1.89. The van der Waals surface area contributed by atoms with Crippen molar-refractivity contribution in [1.29, 1.82) is 0 Å². The Morgan fingerprint density at radius 2 is 1.57 bits per heavy atom. The minimum Gasteiger partial charge on any atom is -0.493 e. The molecule has 0 radical (unpaired) electrons. The van der Waals surface area contributed by atoms with E-state index in [1.54, 1.807) is 42.5 Å². The van der Waals surface area contributed by atoms with Crippen molar-refractivity contribution in [3.8, 4) is 11.5 Å². The van der Waals surface area contributed by atoms with Gasteiger partial charge in [-0.25, -0.2) is 0 Å². The first kappa shape index (κ1) is 21.8. The molecular formula is C21H25BrN2O4. The summed E-state index contributed by atoms with van der Waals surface area (Å²) in [5.41, 5.74) is 5.63. The molecule has 0 aliphatic carbocycles. The zero-order valence-electron chi connectivity index (χ0n) is 16.3. The Morgan fingerprint density at radius 1 is 0.964 bits per heavy atom. The highest BCUT2D eigenvalue weighted by molar-refractivity contribution is 9.10. The van der Waals surface area contributed by atoms with Crippen LogP contribution < -0.4 is 20.3 Å². The lowest BCUT2D eigenvalue weighted by molar-refractivity contribution is 0.0846. The Bertz CT molecular complexity index is 807. The summed E-state index contributed by atoms with van der Waals surface area (Å²) in [6, 6.07) is 11.7. The molecule has 0 bridgehead atoms. The number of rotatable bonds is 8. The third kappa shape index (κ3) is 6.56. The molecule has 150 valence electrons. The lowest BCUT2D eigenvalue weighted by atomic mass is 10.2. The quantitative estimate of drug-likeness (QED) is 0.588. The van der Waals surface area contributed by atoms with Crippen LogP contribution >= 0.6 is 15.9 Å². The van der Waals surface area contributed by atoms with E-state index in [0.717, 1.165) is 6.42 Å². The Hall–Kier alpha value is -2.54. The predicted molar refractivity (Wildman–Crippen MR) is 112 cm³/mol. The van der Waals surface area contributed by atoms with Gasteiger partial charge in [-0.3, -0.25) is 20.4 Å². The molecule has 2 rings (SSSR count). The van der Waals surface area contributed by atoms with Gasteiger partial charge in [-0.1, -0.05) is 20.8 Å². The summed E-state index contributed by atoms with van der Waals surface area (Å²) in [4.78, 5) is 24.5. The molecular weight excluding hydrogens is 424 g/mol. The van der Waals surface area contributed by atoms with E-state index in [0.29, 0.717) is 46.2 Å². The van der Waals surface area contributed by atoms with Crippen molar-refractivity contribution >= 4 is 27.7 Å². The maximum atomic E-state index is 12.3. The summed E-state index contributed by atoms with van der Waals surface area (Å²) in [6.07, 6.45) is 0.894. The van der Waals surface area contributed by atoms with Crippen LogP contribution in [0.2, 0.25) is 0 Å². The van der Waals surface area contributed by atoms with Crippen LogP contribution in [0, 0.1) is 5.92 Å². The second kappa shape index (κ2) is 10.7. The van der Waals surface area contributed by atoms with Crippen molar-refractivity contribution in [3.05, 3.63) is 58.1 Å². The highest BCUT2D eigenvalue weighted by Crippen LogP contribution is 2.26. The molecule has 0 spiro atoms. The lowest BCUT2D eigenvalue weighted by Gasteiger charge is -2.11. The lowest BCUT2D eigenvalue weighted by Crippen LogP contribution is -2.41. The number of carbonyl (C=O) groups is 2. The number of amides is 2. The molecule has 28 heavy (non-hydrogen) atoms. The SMILES string of the molecule is CCCOc1ccc(C(=O)NNC(=O)c2ccc(OCC(C)C)cc2)cc1Br. The summed E-state index contributed by atoms with van der Waals surface area (Å²) in [5, 5.41) is 0. The minimum absolute atomic E-state index is 0.397. The van der Waals surface area contributed by atoms with Gasteiger partial charge in [0.05, 0.1) is 17.7 Å². The first-order chi connectivity index (χ1) is 13.4. The van der Waals surface area contributed by atoms with Crippen molar-refractivity contribution in [1.82, 2.24) is 10.9 Å². The Morgan fingerprint density at radius 3 is 2.14 bits per heavy atom. The van der Waals surface area contributed by atoms with Crippen molar-refractivity contribution in [2.75, 3.05) is 13.2 Å². The number of hydrogen-bond acceptors (Lipinski definition) is 4. The van der Waals surface area contributed by atoms with Gasteiger partial charge >= 0.3 is 0 Å². The second-order valence-electron chi connectivity index (χ2n) is 6.63. The van der Waals surface area contributed by atoms with Crippen LogP contribution in [-0.2, 0) is 0 Å². The number of halogens is 1. The first-order valence-electron chi connectivity index (χ1n) is 9.16. The Labute approximate surface area is 173 Å². The van der Waals surface area contributed by atoms with Crippen LogP contribution in [0.25, 0.3) is 0 Å². The van der Waals surface area contributed by atoms with E-state index in [1.807, 2.05) is 6.92 Å². The van der Waals surface area contributed by atoms with E-state index in [-0.39, 0.29) is 0 Å². The summed E-state index contributed by atoms with van der Waals surface area (Å²) >= 11 is 3.39. The van der Waals surface area contributed by atoms with Crippen molar-refractivity contribution < 1.29 is 19.1 Å². The number of carbonyl (C=O) groups excluding carboxylic acids is 2. The van der Waals surface area contributed by atoms with E-state index >= 15 is 0 Å². The normalized spacial score (nSPS) is 10.5. The van der Waals surface area contributed by atoms with Gasteiger partial charge < -0.3 is 9.47 Å². The number of ether oxygens (including phenoxy) is 2. The summed E-state index contributed by atoms with van der Waals surface area (Å²) < 4.78 is 11.8. The molecule has 0 fully saturated rings. The van der Waals surface area contributed by atoms with E-state index in [9.17, 15) is 9.59 Å². The summed E-state index contributed by atoms with van der Waals surface area (Å²) in [6.45, 7) is 7.36. The van der Waals surface area contributed by atoms with Gasteiger partial charge in [-0.2, -0.15) is 0 Å². The fourth-order valence-corrected chi connectivity index (χ4v) is 2.69. The average molecular weight is 449 g/mol. The van der Waals surface area contributed by atoms with Crippen molar-refractivity contribution in [2.45, 2.75) is 27.2 Å². The van der Waals surface area contributed by atoms with Gasteiger partial charge in [-0.15, -0.1) is 0 Å². The first-order valence-corrected chi connectivity index (χ1v) is 9.96. The van der Waals surface area contributed by atoms with Crippen LogP contribution in [0.1, 0.15) is 47.9 Å². The molecule has 0 saturated carbocycles. The molecule has 7 heteroatoms. The fraction of sp³-hybridized carbons (Fsp3) is 0.333. The molecule has 2 aromatic carbocycles. The monoisotopic (exact) mass is 448 g/mol. The molecule has 0 aromatic heterocycles. The number of hydrazine groups is 1. The highest BCUT2D eigenvalue weighted by atomic mass is 79.9. The van der Waals surface area contributed by atoms with Crippen LogP contribution in [0.4, 0.5) is 0 Å². The Kier molecular flexibility index (Phi) is 8.32. The summed E-state index contributed by atoms with van der Waals surface area (Å²) in [5.74, 6) is 0.955.